The van der Waals surface area contributed by atoms with E-state index in [1.165, 1.54) is 7.05 Å². The van der Waals surface area contributed by atoms with E-state index in [9.17, 15) is 24.5 Å². The molecular formula is C18H35ClN3O9PS. The lowest BCUT2D eigenvalue weighted by Crippen LogP contribution is -2.65. The van der Waals surface area contributed by atoms with E-state index in [4.69, 9.17) is 26.1 Å². The third-order valence-corrected chi connectivity index (χ3v) is 7.15. The van der Waals surface area contributed by atoms with Crippen LogP contribution in [0.5, 0.6) is 0 Å². The number of carbonyl (C=O) groups is 1. The summed E-state index contributed by atoms with van der Waals surface area (Å²) >= 11 is 7.29. The molecular weight excluding hydrogens is 501 g/mol. The lowest BCUT2D eigenvalue weighted by Gasteiger charge is -2.45. The maximum Gasteiger partial charge on any atom is 0.470 e. The van der Waals surface area contributed by atoms with Crippen LogP contribution >= 0.6 is 31.2 Å². The number of aliphatic hydroxyl groups is 2. The summed E-state index contributed by atoms with van der Waals surface area (Å²) in [4.78, 5) is 42.5. The number of hydrogen-bond donors (Lipinski definition) is 5. The predicted molar refractivity (Wildman–Crippen MR) is 124 cm³/mol. The smallest absolute Gasteiger partial charge is 0.388 e. The molecule has 1 heterocycles. The van der Waals surface area contributed by atoms with Crippen LogP contribution in [0.1, 0.15) is 40.0 Å². The van der Waals surface area contributed by atoms with Crippen LogP contribution in [0.25, 0.3) is 0 Å². The van der Waals surface area contributed by atoms with Crippen molar-refractivity contribution in [3.05, 3.63) is 4.91 Å². The molecule has 15 heteroatoms. The number of nitrogens with one attached hydrogen (secondary N) is 1. The minimum Gasteiger partial charge on any atom is -0.388 e. The molecule has 1 aliphatic rings. The Bertz CT molecular complexity index is 687. The Morgan fingerprint density at radius 3 is 2.39 bits per heavy atom. The second-order valence-electron chi connectivity index (χ2n) is 8.26. The van der Waals surface area contributed by atoms with Crippen molar-refractivity contribution in [2.75, 3.05) is 13.3 Å². The van der Waals surface area contributed by atoms with Gasteiger partial charge in [0, 0.05) is 7.05 Å². The van der Waals surface area contributed by atoms with E-state index in [0.29, 0.717) is 6.42 Å². The largest absolute Gasteiger partial charge is 0.470 e. The third-order valence-electron chi connectivity index (χ3n) is 5.52. The molecule has 0 bridgehead atoms. The normalized spacial score (nSPS) is 29.6. The number of phosphoric acid groups is 1. The molecule has 1 saturated heterocycles. The number of nitroso groups, excluding NO2 is 1. The number of likely N-dealkylation sites (N-methyl/N-ethyl adjacent to an activating group) is 1. The quantitative estimate of drug-likeness (QED) is 0.0989. The summed E-state index contributed by atoms with van der Waals surface area (Å²) in [5, 5.41) is 27.0. The standard InChI is InChI=1S/C18H35ClN3O9PS/c1-6-7-9(2)8-11(22(4)21-26)17(25)20-12(10(3)19)15-13(23)14(24)16(18(30-15)33-5)31-32(27,28)29/h9-16,18,23-24H,6-8H2,1-5H3,(H,20,25)(H2,27,28,29)/t9-,10+,11+,12-,13-,14+,15-,16-,18-/m1/s1. The molecule has 12 nitrogen and oxygen atoms in total. The number of phosphoric ester groups is 1. The summed E-state index contributed by atoms with van der Waals surface area (Å²) in [6.45, 7) is 5.52. The number of amides is 1. The fraction of sp³-hybridized carbons (Fsp3) is 0.944. The van der Waals surface area contributed by atoms with Crippen LogP contribution in [-0.2, 0) is 18.6 Å². The van der Waals surface area contributed by atoms with Gasteiger partial charge < -0.3 is 30.1 Å². The first kappa shape index (κ1) is 30.5. The molecule has 0 spiro atoms. The van der Waals surface area contributed by atoms with Crippen molar-refractivity contribution < 1.29 is 38.6 Å². The number of carbonyl (C=O) groups excluding carboxylic acids is 1. The average Bonchev–Trinajstić information content (AvgIpc) is 2.72. The van der Waals surface area contributed by atoms with Crippen LogP contribution in [0.2, 0.25) is 0 Å². The van der Waals surface area contributed by atoms with Crippen molar-refractivity contribution in [1.82, 2.24) is 10.3 Å². The van der Waals surface area contributed by atoms with Gasteiger partial charge in [-0.05, 0) is 25.5 Å². The number of alkyl halides is 1. The van der Waals surface area contributed by atoms with Crippen molar-refractivity contribution >= 4 is 37.1 Å². The fourth-order valence-electron chi connectivity index (χ4n) is 3.82. The highest BCUT2D eigenvalue weighted by atomic mass is 35.5. The van der Waals surface area contributed by atoms with E-state index in [1.54, 1.807) is 13.2 Å². The maximum atomic E-state index is 13.1. The van der Waals surface area contributed by atoms with Gasteiger partial charge >= 0.3 is 7.82 Å². The SMILES string of the molecule is CCC[C@@H](C)C[C@@H](C(=O)N[C@@H]([C@H]1O[C@H](SC)[C@H](OP(=O)(O)O)[C@@H](O)[C@H]1O)[C@H](C)Cl)N(C)N=O. The van der Waals surface area contributed by atoms with Gasteiger partial charge in [-0.15, -0.1) is 28.3 Å². The zero-order chi connectivity index (χ0) is 25.5. The third kappa shape index (κ3) is 8.90. The van der Waals surface area contributed by atoms with Crippen LogP contribution in [0.15, 0.2) is 5.29 Å². The van der Waals surface area contributed by atoms with Crippen LogP contribution in [-0.4, -0.2) is 91.5 Å². The van der Waals surface area contributed by atoms with Crippen molar-refractivity contribution in [1.29, 1.82) is 0 Å². The molecule has 1 aliphatic heterocycles. The van der Waals surface area contributed by atoms with E-state index in [2.05, 4.69) is 15.1 Å². The van der Waals surface area contributed by atoms with Crippen LogP contribution in [0.4, 0.5) is 0 Å². The first-order valence-corrected chi connectivity index (χ1v) is 13.8. The first-order valence-electron chi connectivity index (χ1n) is 10.6. The molecule has 0 aromatic carbocycles. The van der Waals surface area contributed by atoms with Crippen molar-refractivity contribution in [2.24, 2.45) is 11.2 Å². The van der Waals surface area contributed by atoms with Gasteiger partial charge in [0.25, 0.3) is 0 Å². The Kier molecular flexibility index (Phi) is 12.5. The molecule has 0 radical (unpaired) electrons. The van der Waals surface area contributed by atoms with Gasteiger partial charge in [-0.3, -0.25) is 14.3 Å². The number of hydrogen-bond acceptors (Lipinski definition) is 9. The lowest BCUT2D eigenvalue weighted by atomic mass is 9.92. The minimum absolute atomic E-state index is 0.131. The van der Waals surface area contributed by atoms with E-state index in [0.717, 1.165) is 29.6 Å². The molecule has 0 aromatic rings. The number of thioether (sulfide) groups is 1. The van der Waals surface area contributed by atoms with Gasteiger partial charge in [0.05, 0.1) is 16.7 Å². The summed E-state index contributed by atoms with van der Waals surface area (Å²) in [7, 11) is -3.60. The Labute approximate surface area is 202 Å². The number of aliphatic hydroxyl groups excluding tert-OH is 2. The van der Waals surface area contributed by atoms with Crippen molar-refractivity contribution in [2.45, 2.75) is 87.3 Å². The van der Waals surface area contributed by atoms with Gasteiger partial charge in [0.1, 0.15) is 35.9 Å². The molecule has 194 valence electrons. The minimum atomic E-state index is -4.99. The molecule has 1 amide bonds. The Morgan fingerprint density at radius 2 is 1.94 bits per heavy atom. The number of rotatable bonds is 13. The van der Waals surface area contributed by atoms with Crippen molar-refractivity contribution in [3.63, 3.8) is 0 Å². The molecule has 1 rings (SSSR count). The number of halogens is 1. The zero-order valence-corrected chi connectivity index (χ0v) is 21.7. The number of ether oxygens (including phenoxy) is 1. The summed E-state index contributed by atoms with van der Waals surface area (Å²) < 4.78 is 21.7. The summed E-state index contributed by atoms with van der Waals surface area (Å²) in [6.07, 6.45) is -2.50. The van der Waals surface area contributed by atoms with E-state index in [-0.39, 0.29) is 5.92 Å². The van der Waals surface area contributed by atoms with E-state index in [1.807, 2.05) is 13.8 Å². The molecule has 0 saturated carbocycles. The number of nitrogens with zero attached hydrogens (tertiary/aromatic N) is 2. The average molecular weight is 536 g/mol. The highest BCUT2D eigenvalue weighted by molar-refractivity contribution is 7.99. The van der Waals surface area contributed by atoms with E-state index >= 15 is 0 Å². The second-order valence-corrected chi connectivity index (χ2v) is 11.1. The van der Waals surface area contributed by atoms with Gasteiger partial charge in [-0.25, -0.2) is 4.57 Å². The van der Waals surface area contributed by atoms with Gasteiger partial charge in [0.15, 0.2) is 0 Å². The lowest BCUT2D eigenvalue weighted by molar-refractivity contribution is -0.201. The Morgan fingerprint density at radius 1 is 1.33 bits per heavy atom. The molecule has 0 aliphatic carbocycles. The first-order chi connectivity index (χ1) is 15.3. The predicted octanol–water partition coefficient (Wildman–Crippen LogP) is 1.19. The molecule has 1 fully saturated rings. The molecule has 5 N–H and O–H groups in total. The van der Waals surface area contributed by atoms with Gasteiger partial charge in [-0.1, -0.05) is 26.7 Å². The second kappa shape index (κ2) is 13.6. The molecule has 9 atom stereocenters. The van der Waals surface area contributed by atoms with E-state index < -0.39 is 61.0 Å². The maximum absolute atomic E-state index is 13.1. The molecule has 0 aromatic heterocycles. The highest BCUT2D eigenvalue weighted by Crippen LogP contribution is 2.43. The summed E-state index contributed by atoms with van der Waals surface area (Å²) in [6, 6.07) is -1.91. The monoisotopic (exact) mass is 535 g/mol. The van der Waals surface area contributed by atoms with Gasteiger partial charge in [0.2, 0.25) is 5.91 Å². The highest BCUT2D eigenvalue weighted by Gasteiger charge is 2.51. The van der Waals surface area contributed by atoms with Crippen LogP contribution in [0.3, 0.4) is 0 Å². The molecule has 0 unspecified atom stereocenters. The van der Waals surface area contributed by atoms with Gasteiger partial charge in [-0.2, -0.15) is 0 Å². The van der Waals surface area contributed by atoms with Crippen LogP contribution in [0, 0.1) is 10.8 Å². The topological polar surface area (TPSA) is 178 Å². The summed E-state index contributed by atoms with van der Waals surface area (Å²) in [5.74, 6) is -0.427. The Hall–Kier alpha value is -0.500. The van der Waals surface area contributed by atoms with Crippen molar-refractivity contribution in [3.8, 4) is 0 Å². The molecule has 33 heavy (non-hydrogen) atoms. The summed E-state index contributed by atoms with van der Waals surface area (Å²) in [5.41, 5.74) is -1.07. The van der Waals surface area contributed by atoms with Crippen LogP contribution < -0.4 is 5.32 Å². The fourth-order valence-corrected chi connectivity index (χ4v) is 5.38. The zero-order valence-electron chi connectivity index (χ0n) is 19.3. The Balaban J connectivity index is 3.12.